The minimum atomic E-state index is 0.336. The van der Waals surface area contributed by atoms with Crippen LogP contribution in [-0.2, 0) is 19.9 Å². The minimum absolute atomic E-state index is 0.336. The Morgan fingerprint density at radius 1 is 1.13 bits per heavy atom. The number of nitrogens with zero attached hydrogens (tertiary/aromatic N) is 5. The number of aryl methyl sites for hydroxylation is 2. The van der Waals surface area contributed by atoms with Crippen molar-refractivity contribution in [1.29, 1.82) is 0 Å². The normalized spacial score (nSPS) is 14.0. The van der Waals surface area contributed by atoms with Gasteiger partial charge in [-0.25, -0.2) is 19.6 Å². The average Bonchev–Trinajstić information content (AvgIpc) is 3.14. The van der Waals surface area contributed by atoms with Crippen LogP contribution in [-0.4, -0.2) is 30.8 Å². The number of fused-ring (bicyclic) bond motifs is 1. The molecule has 2 aromatic heterocycles. The number of hydrogen-bond donors (Lipinski definition) is 1. The third kappa shape index (κ3) is 2.56. The number of anilines is 1. The SMILES string of the molecule is Cc1cnc(NC2Cc3ccccc3C2)nc1-c1ncnn1C. The van der Waals surface area contributed by atoms with Gasteiger partial charge in [0.25, 0.3) is 0 Å². The third-order valence-electron chi connectivity index (χ3n) is 4.28. The van der Waals surface area contributed by atoms with Crippen molar-refractivity contribution in [2.24, 2.45) is 7.05 Å². The maximum atomic E-state index is 4.66. The van der Waals surface area contributed by atoms with E-state index in [4.69, 9.17) is 0 Å². The number of rotatable bonds is 3. The first-order chi connectivity index (χ1) is 11.2. The molecule has 1 aliphatic carbocycles. The Balaban J connectivity index is 1.58. The van der Waals surface area contributed by atoms with Gasteiger partial charge in [0.05, 0.1) is 0 Å². The summed E-state index contributed by atoms with van der Waals surface area (Å²) in [6, 6.07) is 8.91. The Morgan fingerprint density at radius 2 is 1.87 bits per heavy atom. The summed E-state index contributed by atoms with van der Waals surface area (Å²) in [5.41, 5.74) is 4.62. The fraction of sp³-hybridized carbons (Fsp3) is 0.294. The lowest BCUT2D eigenvalue weighted by atomic mass is 10.1. The fourth-order valence-electron chi connectivity index (χ4n) is 3.09. The maximum absolute atomic E-state index is 4.66. The molecule has 1 N–H and O–H groups in total. The van der Waals surface area contributed by atoms with Crippen molar-refractivity contribution in [1.82, 2.24) is 24.7 Å². The molecule has 23 heavy (non-hydrogen) atoms. The molecule has 6 heteroatoms. The highest BCUT2D eigenvalue weighted by Gasteiger charge is 2.22. The molecule has 116 valence electrons. The summed E-state index contributed by atoms with van der Waals surface area (Å²) in [5, 5.41) is 7.58. The Morgan fingerprint density at radius 3 is 2.52 bits per heavy atom. The molecule has 0 fully saturated rings. The molecule has 6 nitrogen and oxygen atoms in total. The molecule has 0 unspecified atom stereocenters. The van der Waals surface area contributed by atoms with Crippen molar-refractivity contribution in [3.8, 4) is 11.5 Å². The first kappa shape index (κ1) is 13.9. The lowest BCUT2D eigenvalue weighted by molar-refractivity contribution is 0.756. The van der Waals surface area contributed by atoms with Crippen molar-refractivity contribution in [2.75, 3.05) is 5.32 Å². The van der Waals surface area contributed by atoms with Crippen LogP contribution in [0.4, 0.5) is 5.95 Å². The Labute approximate surface area is 134 Å². The second-order valence-corrected chi connectivity index (χ2v) is 5.95. The summed E-state index contributed by atoms with van der Waals surface area (Å²) in [4.78, 5) is 13.4. The molecule has 0 saturated carbocycles. The molecular weight excluding hydrogens is 288 g/mol. The van der Waals surface area contributed by atoms with Gasteiger partial charge in [0, 0.05) is 19.3 Å². The summed E-state index contributed by atoms with van der Waals surface area (Å²) in [6.45, 7) is 1.99. The van der Waals surface area contributed by atoms with E-state index in [0.29, 0.717) is 12.0 Å². The van der Waals surface area contributed by atoms with E-state index in [-0.39, 0.29) is 0 Å². The van der Waals surface area contributed by atoms with Crippen LogP contribution in [0.2, 0.25) is 0 Å². The van der Waals surface area contributed by atoms with E-state index < -0.39 is 0 Å². The van der Waals surface area contributed by atoms with E-state index >= 15 is 0 Å². The summed E-state index contributed by atoms with van der Waals surface area (Å²) in [6.07, 6.45) is 5.39. The topological polar surface area (TPSA) is 68.5 Å². The van der Waals surface area contributed by atoms with Gasteiger partial charge in [-0.3, -0.25) is 0 Å². The molecule has 0 aliphatic heterocycles. The molecule has 0 atom stereocenters. The summed E-state index contributed by atoms with van der Waals surface area (Å²) < 4.78 is 1.73. The van der Waals surface area contributed by atoms with Crippen LogP contribution < -0.4 is 5.32 Å². The maximum Gasteiger partial charge on any atom is 0.223 e. The highest BCUT2D eigenvalue weighted by Crippen LogP contribution is 2.24. The van der Waals surface area contributed by atoms with Crippen molar-refractivity contribution in [3.05, 3.63) is 53.5 Å². The first-order valence-electron chi connectivity index (χ1n) is 7.72. The van der Waals surface area contributed by atoms with Gasteiger partial charge in [0.15, 0.2) is 5.82 Å². The van der Waals surface area contributed by atoms with Gasteiger partial charge in [-0.2, -0.15) is 5.10 Å². The standard InChI is InChI=1S/C17H18N6/c1-11-9-18-17(22-15(11)16-19-10-20-23(16)2)21-14-7-12-5-3-4-6-13(12)8-14/h3-6,9-10,14H,7-8H2,1-2H3,(H,18,21,22). The second kappa shape index (κ2) is 5.46. The van der Waals surface area contributed by atoms with Gasteiger partial charge in [-0.05, 0) is 36.5 Å². The molecule has 0 amide bonds. The van der Waals surface area contributed by atoms with Crippen LogP contribution in [0.1, 0.15) is 16.7 Å². The van der Waals surface area contributed by atoms with Crippen LogP contribution >= 0.6 is 0 Å². The summed E-state index contributed by atoms with van der Waals surface area (Å²) in [7, 11) is 1.87. The summed E-state index contributed by atoms with van der Waals surface area (Å²) in [5.74, 6) is 1.40. The average molecular weight is 306 g/mol. The van der Waals surface area contributed by atoms with Crippen molar-refractivity contribution < 1.29 is 0 Å². The Bertz CT molecular complexity index is 829. The molecular formula is C17H18N6. The van der Waals surface area contributed by atoms with Crippen LogP contribution in [0.3, 0.4) is 0 Å². The summed E-state index contributed by atoms with van der Waals surface area (Å²) >= 11 is 0. The van der Waals surface area contributed by atoms with Crippen LogP contribution in [0, 0.1) is 6.92 Å². The highest BCUT2D eigenvalue weighted by molar-refractivity contribution is 5.56. The van der Waals surface area contributed by atoms with Crippen LogP contribution in [0.25, 0.3) is 11.5 Å². The van der Waals surface area contributed by atoms with E-state index in [2.05, 4.69) is 49.6 Å². The Kier molecular flexibility index (Phi) is 3.29. The van der Waals surface area contributed by atoms with Gasteiger partial charge < -0.3 is 5.32 Å². The van der Waals surface area contributed by atoms with Gasteiger partial charge in [-0.15, -0.1) is 0 Å². The van der Waals surface area contributed by atoms with E-state index in [1.807, 2.05) is 20.2 Å². The van der Waals surface area contributed by atoms with Crippen molar-refractivity contribution in [3.63, 3.8) is 0 Å². The predicted octanol–water partition coefficient (Wildman–Crippen LogP) is 2.16. The minimum Gasteiger partial charge on any atom is -0.351 e. The molecule has 3 aromatic rings. The van der Waals surface area contributed by atoms with Crippen molar-refractivity contribution in [2.45, 2.75) is 25.8 Å². The van der Waals surface area contributed by atoms with E-state index in [9.17, 15) is 0 Å². The monoisotopic (exact) mass is 306 g/mol. The molecule has 0 spiro atoms. The molecule has 1 aromatic carbocycles. The fourth-order valence-corrected chi connectivity index (χ4v) is 3.09. The number of hydrogen-bond acceptors (Lipinski definition) is 5. The molecule has 4 rings (SSSR count). The van der Waals surface area contributed by atoms with Crippen LogP contribution in [0.5, 0.6) is 0 Å². The number of benzene rings is 1. The zero-order chi connectivity index (χ0) is 15.8. The van der Waals surface area contributed by atoms with Gasteiger partial charge >= 0.3 is 0 Å². The highest BCUT2D eigenvalue weighted by atomic mass is 15.3. The lowest BCUT2D eigenvalue weighted by Crippen LogP contribution is -2.21. The molecule has 0 bridgehead atoms. The van der Waals surface area contributed by atoms with Gasteiger partial charge in [0.2, 0.25) is 5.95 Å². The zero-order valence-corrected chi connectivity index (χ0v) is 13.2. The smallest absolute Gasteiger partial charge is 0.223 e. The quantitative estimate of drug-likeness (QED) is 0.803. The van der Waals surface area contributed by atoms with Gasteiger partial charge in [0.1, 0.15) is 12.0 Å². The van der Waals surface area contributed by atoms with Crippen LogP contribution in [0.15, 0.2) is 36.8 Å². The zero-order valence-electron chi connectivity index (χ0n) is 13.2. The third-order valence-corrected chi connectivity index (χ3v) is 4.28. The molecule has 2 heterocycles. The first-order valence-corrected chi connectivity index (χ1v) is 7.72. The lowest BCUT2D eigenvalue weighted by Gasteiger charge is -2.13. The van der Waals surface area contributed by atoms with Gasteiger partial charge in [-0.1, -0.05) is 24.3 Å². The van der Waals surface area contributed by atoms with E-state index in [1.54, 1.807) is 4.68 Å². The number of aromatic nitrogens is 5. The predicted molar refractivity (Wildman–Crippen MR) is 88.0 cm³/mol. The van der Waals surface area contributed by atoms with E-state index in [1.165, 1.54) is 17.5 Å². The van der Waals surface area contributed by atoms with Crippen molar-refractivity contribution >= 4 is 5.95 Å². The van der Waals surface area contributed by atoms with E-state index in [0.717, 1.165) is 29.9 Å². The second-order valence-electron chi connectivity index (χ2n) is 5.95. The number of nitrogens with one attached hydrogen (secondary N) is 1. The molecule has 0 saturated heterocycles. The Hall–Kier alpha value is -2.76. The molecule has 1 aliphatic rings. The molecule has 0 radical (unpaired) electrons. The largest absolute Gasteiger partial charge is 0.351 e.